The number of carbonyl (C=O) groups excluding carboxylic acids is 1. The van der Waals surface area contributed by atoms with E-state index in [1.165, 1.54) is 16.7 Å². The fourth-order valence-electron chi connectivity index (χ4n) is 4.83. The predicted molar refractivity (Wildman–Crippen MR) is 166 cm³/mol. The number of hydrogen-bond acceptors (Lipinski definition) is 11. The van der Waals surface area contributed by atoms with Crippen LogP contribution < -0.4 is 33.7 Å². The molecule has 46 heavy (non-hydrogen) atoms. The zero-order chi connectivity index (χ0) is 34.7. The Hall–Kier alpha value is -5.28. The summed E-state index contributed by atoms with van der Waals surface area (Å²) in [4.78, 5) is 96.1. The van der Waals surface area contributed by atoms with E-state index in [9.17, 15) is 38.4 Å². The molecule has 0 spiro atoms. The molecule has 4 aromatic heterocycles. The number of carbonyl (C=O) groups is 2. The van der Waals surface area contributed by atoms with E-state index in [1.807, 2.05) is 0 Å². The summed E-state index contributed by atoms with van der Waals surface area (Å²) < 4.78 is 19.0. The quantitative estimate of drug-likeness (QED) is 0.264. The number of esters is 1. The lowest BCUT2D eigenvalue weighted by molar-refractivity contribution is -0.155. The first kappa shape index (κ1) is 35.2. The highest BCUT2D eigenvalue weighted by Crippen LogP contribution is 2.14. The Morgan fingerprint density at radius 3 is 1.41 bits per heavy atom. The number of aliphatic carboxylic acids is 1. The summed E-state index contributed by atoms with van der Waals surface area (Å²) in [6.45, 7) is 11.0. The standard InChI is InChI=1S/C17H22N2O6.C13H14N2O6/c1-6-10-8-11(20)24-15-13(10)14(22)19(16(23)18(15)7-2)9-12(21)25-17(3,4)5;1-3-7-5-9(18)21-12-10(7)11(19)15(6-8(16)17)13(20)14(12)4-2/h8H,6-7,9H2,1-5H3;5H,3-4,6H2,1-2H3,(H,16,17). The second kappa shape index (κ2) is 13.8. The van der Waals surface area contributed by atoms with Gasteiger partial charge >= 0.3 is 34.6 Å². The smallest absolute Gasteiger partial charge is 0.337 e. The number of aromatic nitrogens is 4. The van der Waals surface area contributed by atoms with Crippen molar-refractivity contribution in [1.29, 1.82) is 0 Å². The molecule has 1 N–H and O–H groups in total. The molecule has 0 fully saturated rings. The van der Waals surface area contributed by atoms with Crippen LogP contribution in [-0.4, -0.2) is 40.9 Å². The maximum atomic E-state index is 12.8. The van der Waals surface area contributed by atoms with Crippen molar-refractivity contribution in [2.24, 2.45) is 0 Å². The molecule has 0 aromatic carbocycles. The highest BCUT2D eigenvalue weighted by molar-refractivity contribution is 5.77. The summed E-state index contributed by atoms with van der Waals surface area (Å²) in [5.41, 5.74) is -4.27. The molecular weight excluding hydrogens is 608 g/mol. The van der Waals surface area contributed by atoms with Gasteiger partial charge in [-0.25, -0.2) is 28.3 Å². The second-order valence-corrected chi connectivity index (χ2v) is 11.1. The minimum atomic E-state index is -1.30. The number of carboxylic acids is 1. The molecule has 0 saturated heterocycles. The lowest BCUT2D eigenvalue weighted by Gasteiger charge is -2.20. The fourth-order valence-corrected chi connectivity index (χ4v) is 4.83. The maximum absolute atomic E-state index is 12.8. The Kier molecular flexibility index (Phi) is 10.6. The molecule has 0 saturated carbocycles. The molecule has 0 bridgehead atoms. The van der Waals surface area contributed by atoms with E-state index in [-0.39, 0.29) is 35.3 Å². The average molecular weight is 645 g/mol. The Bertz CT molecular complexity index is 2190. The van der Waals surface area contributed by atoms with Crippen LogP contribution in [-0.2, 0) is 53.3 Å². The normalized spacial score (nSPS) is 11.4. The van der Waals surface area contributed by atoms with Crippen LogP contribution in [0.1, 0.15) is 59.6 Å². The summed E-state index contributed by atoms with van der Waals surface area (Å²) in [5, 5.41) is 9.04. The van der Waals surface area contributed by atoms with Gasteiger partial charge in [0.25, 0.3) is 11.1 Å². The van der Waals surface area contributed by atoms with Gasteiger partial charge in [0.1, 0.15) is 29.5 Å². The first-order valence-electron chi connectivity index (χ1n) is 14.5. The van der Waals surface area contributed by atoms with Crippen LogP contribution in [0, 0.1) is 0 Å². The number of aryl methyl sites for hydroxylation is 4. The summed E-state index contributed by atoms with van der Waals surface area (Å²) in [5.74, 6) is -1.99. The Balaban J connectivity index is 0.000000254. The Morgan fingerprint density at radius 1 is 0.696 bits per heavy atom. The summed E-state index contributed by atoms with van der Waals surface area (Å²) in [6, 6.07) is 2.41. The van der Waals surface area contributed by atoms with Crippen molar-refractivity contribution in [1.82, 2.24) is 18.3 Å². The first-order valence-corrected chi connectivity index (χ1v) is 14.5. The van der Waals surface area contributed by atoms with Crippen molar-refractivity contribution >= 4 is 34.1 Å². The number of nitrogens with zero attached hydrogens (tertiary/aromatic N) is 4. The largest absolute Gasteiger partial charge is 0.480 e. The minimum absolute atomic E-state index is 0.0673. The van der Waals surface area contributed by atoms with Gasteiger partial charge in [0.05, 0.1) is 0 Å². The van der Waals surface area contributed by atoms with Crippen molar-refractivity contribution in [2.45, 2.75) is 93.1 Å². The van der Waals surface area contributed by atoms with E-state index in [2.05, 4.69) is 0 Å². The van der Waals surface area contributed by atoms with Gasteiger partial charge in [0.15, 0.2) is 0 Å². The molecule has 4 heterocycles. The maximum Gasteiger partial charge on any atom is 0.337 e. The van der Waals surface area contributed by atoms with E-state index in [4.69, 9.17) is 18.7 Å². The van der Waals surface area contributed by atoms with Crippen LogP contribution in [0.3, 0.4) is 0 Å². The molecule has 0 aliphatic rings. The number of fused-ring (bicyclic) bond motifs is 2. The van der Waals surface area contributed by atoms with Crippen LogP contribution in [0.4, 0.5) is 0 Å². The van der Waals surface area contributed by atoms with E-state index >= 15 is 0 Å². The van der Waals surface area contributed by atoms with Gasteiger partial charge in [0, 0.05) is 25.2 Å². The van der Waals surface area contributed by atoms with Gasteiger partial charge in [-0.3, -0.25) is 28.3 Å². The first-order chi connectivity index (χ1) is 21.5. The molecule has 0 atom stereocenters. The van der Waals surface area contributed by atoms with Crippen LogP contribution in [0.5, 0.6) is 0 Å². The number of hydrogen-bond donors (Lipinski definition) is 1. The van der Waals surface area contributed by atoms with E-state index in [1.54, 1.807) is 48.5 Å². The summed E-state index contributed by atoms with van der Waals surface area (Å²) in [7, 11) is 0. The van der Waals surface area contributed by atoms with Crippen LogP contribution >= 0.6 is 0 Å². The molecule has 16 heteroatoms. The lowest BCUT2D eigenvalue weighted by Crippen LogP contribution is -2.43. The predicted octanol–water partition coefficient (Wildman–Crippen LogP) is 0.824. The highest BCUT2D eigenvalue weighted by Gasteiger charge is 2.23. The number of rotatable bonds is 8. The average Bonchev–Trinajstić information content (AvgIpc) is 2.96. The molecular formula is C30H36N4O12. The number of carboxylic acid groups (broad SMARTS) is 1. The number of ether oxygens (including phenoxy) is 1. The zero-order valence-corrected chi connectivity index (χ0v) is 26.6. The molecule has 16 nitrogen and oxygen atoms in total. The molecule has 0 unspecified atom stereocenters. The van der Waals surface area contributed by atoms with Crippen LogP contribution in [0.25, 0.3) is 22.2 Å². The van der Waals surface area contributed by atoms with Crippen LogP contribution in [0.2, 0.25) is 0 Å². The molecule has 4 rings (SSSR count). The third-order valence-corrected chi connectivity index (χ3v) is 6.78. The summed E-state index contributed by atoms with van der Waals surface area (Å²) >= 11 is 0. The zero-order valence-electron chi connectivity index (χ0n) is 26.6. The molecule has 0 aliphatic carbocycles. The van der Waals surface area contributed by atoms with Gasteiger partial charge in [-0.2, -0.15) is 0 Å². The molecule has 4 aromatic rings. The molecule has 248 valence electrons. The Labute approximate surface area is 259 Å². The minimum Gasteiger partial charge on any atom is -0.480 e. The Morgan fingerprint density at radius 2 is 1.09 bits per heavy atom. The highest BCUT2D eigenvalue weighted by atomic mass is 16.6. The third kappa shape index (κ3) is 7.16. The van der Waals surface area contributed by atoms with Gasteiger partial charge in [0.2, 0.25) is 11.4 Å². The van der Waals surface area contributed by atoms with Crippen molar-refractivity contribution in [3.05, 3.63) is 85.8 Å². The van der Waals surface area contributed by atoms with E-state index in [0.29, 0.717) is 28.5 Å². The van der Waals surface area contributed by atoms with Crippen molar-refractivity contribution in [3.63, 3.8) is 0 Å². The SMILES string of the molecule is CCc1cc(=O)oc2c1c(=O)n(CC(=O)O)c(=O)n2CC.CCc1cc(=O)oc2c1c(=O)n(CC(=O)OC(C)(C)C)c(=O)n2CC. The molecule has 0 amide bonds. The monoisotopic (exact) mass is 644 g/mol. The van der Waals surface area contributed by atoms with Gasteiger partial charge in [-0.15, -0.1) is 0 Å². The molecule has 0 aliphatic heterocycles. The van der Waals surface area contributed by atoms with Crippen molar-refractivity contribution < 1.29 is 28.3 Å². The van der Waals surface area contributed by atoms with Gasteiger partial charge in [-0.1, -0.05) is 13.8 Å². The van der Waals surface area contributed by atoms with E-state index < -0.39 is 64.4 Å². The van der Waals surface area contributed by atoms with Gasteiger partial charge in [-0.05, 0) is 58.6 Å². The summed E-state index contributed by atoms with van der Waals surface area (Å²) in [6.07, 6.45) is 0.790. The fraction of sp³-hybridized carbons (Fsp3) is 0.467. The van der Waals surface area contributed by atoms with Crippen molar-refractivity contribution in [3.8, 4) is 0 Å². The molecule has 0 radical (unpaired) electrons. The third-order valence-electron chi connectivity index (χ3n) is 6.78. The second-order valence-electron chi connectivity index (χ2n) is 11.1. The van der Waals surface area contributed by atoms with Crippen LogP contribution in [0.15, 0.2) is 49.7 Å². The van der Waals surface area contributed by atoms with Crippen molar-refractivity contribution in [2.75, 3.05) is 0 Å². The topological polar surface area (TPSA) is 212 Å². The van der Waals surface area contributed by atoms with E-state index in [0.717, 1.165) is 9.13 Å². The lowest BCUT2D eigenvalue weighted by atomic mass is 10.1. The van der Waals surface area contributed by atoms with Gasteiger partial charge < -0.3 is 18.7 Å².